The minimum atomic E-state index is -0.0740. The number of benzene rings is 2. The Morgan fingerprint density at radius 3 is 2.57 bits per heavy atom. The van der Waals surface area contributed by atoms with Gasteiger partial charge in [-0.1, -0.05) is 46.3 Å². The molecule has 0 saturated carbocycles. The standard InChI is InChI=1S/C22H18BrN3OS/c23-17-7-5-15(6-8-17)20-21(18-3-1-2-4-19(18)26-20)28-14-13-25-22(27)16-9-11-24-12-10-16/h1-12,26H,13-14H2,(H,25,27). The number of para-hydroxylation sites is 1. The molecule has 2 aromatic carbocycles. The molecule has 0 unspecified atom stereocenters. The van der Waals surface area contributed by atoms with Crippen LogP contribution in [0.25, 0.3) is 22.2 Å². The summed E-state index contributed by atoms with van der Waals surface area (Å²) in [5.41, 5.74) is 3.99. The van der Waals surface area contributed by atoms with Crippen LogP contribution in [0.15, 0.2) is 82.4 Å². The third-order valence-electron chi connectivity index (χ3n) is 4.37. The van der Waals surface area contributed by atoms with Crippen LogP contribution in [-0.2, 0) is 0 Å². The summed E-state index contributed by atoms with van der Waals surface area (Å²) in [6.07, 6.45) is 3.25. The molecule has 6 heteroatoms. The van der Waals surface area contributed by atoms with Gasteiger partial charge in [-0.3, -0.25) is 9.78 Å². The van der Waals surface area contributed by atoms with Gasteiger partial charge < -0.3 is 10.3 Å². The molecule has 0 aliphatic carbocycles. The molecule has 28 heavy (non-hydrogen) atoms. The lowest BCUT2D eigenvalue weighted by Gasteiger charge is -2.07. The smallest absolute Gasteiger partial charge is 0.251 e. The molecule has 2 heterocycles. The van der Waals surface area contributed by atoms with E-state index in [1.54, 1.807) is 36.3 Å². The molecule has 4 nitrogen and oxygen atoms in total. The molecule has 0 spiro atoms. The first kappa shape index (κ1) is 18.8. The Hall–Kier alpha value is -2.57. The number of thioether (sulfide) groups is 1. The zero-order valence-corrected chi connectivity index (χ0v) is 17.4. The number of nitrogens with one attached hydrogen (secondary N) is 2. The van der Waals surface area contributed by atoms with Crippen molar-refractivity contribution < 1.29 is 4.79 Å². The number of nitrogens with zero attached hydrogens (tertiary/aromatic N) is 1. The molecule has 2 N–H and O–H groups in total. The molecule has 4 aromatic rings. The fourth-order valence-electron chi connectivity index (χ4n) is 3.01. The fraction of sp³-hybridized carbons (Fsp3) is 0.0909. The van der Waals surface area contributed by atoms with E-state index in [1.807, 2.05) is 18.2 Å². The van der Waals surface area contributed by atoms with Crippen molar-refractivity contribution in [3.63, 3.8) is 0 Å². The summed E-state index contributed by atoms with van der Waals surface area (Å²) in [4.78, 5) is 20.9. The highest BCUT2D eigenvalue weighted by Gasteiger charge is 2.14. The third kappa shape index (κ3) is 4.13. The molecule has 140 valence electrons. The van der Waals surface area contributed by atoms with E-state index in [1.165, 1.54) is 10.3 Å². The summed E-state index contributed by atoms with van der Waals surface area (Å²) in [6, 6.07) is 20.0. The van der Waals surface area contributed by atoms with E-state index < -0.39 is 0 Å². The van der Waals surface area contributed by atoms with Gasteiger partial charge in [0.2, 0.25) is 0 Å². The molecule has 0 aliphatic heterocycles. The van der Waals surface area contributed by atoms with Crippen LogP contribution in [0.1, 0.15) is 10.4 Å². The average Bonchev–Trinajstić information content (AvgIpc) is 3.11. The summed E-state index contributed by atoms with van der Waals surface area (Å²) in [7, 11) is 0. The van der Waals surface area contributed by atoms with Crippen LogP contribution in [-0.4, -0.2) is 28.2 Å². The number of carbonyl (C=O) groups is 1. The van der Waals surface area contributed by atoms with Gasteiger partial charge in [-0.15, -0.1) is 11.8 Å². The van der Waals surface area contributed by atoms with Crippen LogP contribution >= 0.6 is 27.7 Å². The van der Waals surface area contributed by atoms with Crippen molar-refractivity contribution in [1.82, 2.24) is 15.3 Å². The largest absolute Gasteiger partial charge is 0.354 e. The zero-order valence-electron chi connectivity index (χ0n) is 15.0. The summed E-state index contributed by atoms with van der Waals surface area (Å²) >= 11 is 5.25. The summed E-state index contributed by atoms with van der Waals surface area (Å²) in [5, 5.41) is 4.17. The van der Waals surface area contributed by atoms with Crippen LogP contribution in [0.2, 0.25) is 0 Å². The number of fused-ring (bicyclic) bond motifs is 1. The number of H-pyrrole nitrogens is 1. The number of aromatic amines is 1. The Bertz CT molecular complexity index is 1090. The van der Waals surface area contributed by atoms with Crippen molar-refractivity contribution >= 4 is 44.5 Å². The van der Waals surface area contributed by atoms with Gasteiger partial charge in [-0.05, 0) is 35.9 Å². The first-order valence-electron chi connectivity index (χ1n) is 8.90. The first-order chi connectivity index (χ1) is 13.7. The Kier molecular flexibility index (Phi) is 5.78. The Morgan fingerprint density at radius 1 is 1.04 bits per heavy atom. The minimum absolute atomic E-state index is 0.0740. The van der Waals surface area contributed by atoms with E-state index in [0.717, 1.165) is 27.0 Å². The molecule has 1 amide bonds. The lowest BCUT2D eigenvalue weighted by molar-refractivity contribution is 0.0956. The monoisotopic (exact) mass is 451 g/mol. The van der Waals surface area contributed by atoms with E-state index in [2.05, 4.69) is 61.5 Å². The number of rotatable bonds is 6. The van der Waals surface area contributed by atoms with E-state index in [9.17, 15) is 4.79 Å². The van der Waals surface area contributed by atoms with Gasteiger partial charge in [0.15, 0.2) is 0 Å². The fourth-order valence-corrected chi connectivity index (χ4v) is 4.33. The molecular formula is C22H18BrN3OS. The van der Waals surface area contributed by atoms with Crippen LogP contribution in [0, 0.1) is 0 Å². The highest BCUT2D eigenvalue weighted by Crippen LogP contribution is 2.37. The topological polar surface area (TPSA) is 57.8 Å². The molecule has 0 aliphatic rings. The minimum Gasteiger partial charge on any atom is -0.354 e. The third-order valence-corrected chi connectivity index (χ3v) is 6.02. The quantitative estimate of drug-likeness (QED) is 0.300. The molecule has 0 radical (unpaired) electrons. The number of carbonyl (C=O) groups excluding carboxylic acids is 1. The molecule has 2 aromatic heterocycles. The van der Waals surface area contributed by atoms with Crippen LogP contribution in [0.3, 0.4) is 0 Å². The normalized spacial score (nSPS) is 10.9. The molecule has 0 atom stereocenters. The average molecular weight is 452 g/mol. The molecule has 4 rings (SSSR count). The molecule has 0 fully saturated rings. The summed E-state index contributed by atoms with van der Waals surface area (Å²) in [5.74, 6) is 0.706. The predicted octanol–water partition coefficient (Wildman–Crippen LogP) is 5.51. The maximum atomic E-state index is 12.2. The van der Waals surface area contributed by atoms with Gasteiger partial charge in [0.1, 0.15) is 0 Å². The number of halogens is 1. The number of hydrogen-bond acceptors (Lipinski definition) is 3. The van der Waals surface area contributed by atoms with Crippen molar-refractivity contribution in [1.29, 1.82) is 0 Å². The van der Waals surface area contributed by atoms with E-state index >= 15 is 0 Å². The second kappa shape index (κ2) is 8.63. The van der Waals surface area contributed by atoms with Gasteiger partial charge in [0.05, 0.1) is 5.69 Å². The molecule has 0 saturated heterocycles. The van der Waals surface area contributed by atoms with Crippen molar-refractivity contribution in [2.75, 3.05) is 12.3 Å². The number of hydrogen-bond donors (Lipinski definition) is 2. The molecular weight excluding hydrogens is 434 g/mol. The maximum Gasteiger partial charge on any atom is 0.251 e. The number of amides is 1. The first-order valence-corrected chi connectivity index (χ1v) is 10.7. The van der Waals surface area contributed by atoms with Crippen molar-refractivity contribution in [2.24, 2.45) is 0 Å². The number of pyridine rings is 1. The van der Waals surface area contributed by atoms with E-state index in [4.69, 9.17) is 0 Å². The van der Waals surface area contributed by atoms with Gasteiger partial charge >= 0.3 is 0 Å². The van der Waals surface area contributed by atoms with Crippen LogP contribution in [0.4, 0.5) is 0 Å². The number of aromatic nitrogens is 2. The van der Waals surface area contributed by atoms with Gasteiger partial charge in [-0.2, -0.15) is 0 Å². The Labute approximate surface area is 175 Å². The predicted molar refractivity (Wildman–Crippen MR) is 119 cm³/mol. The second-order valence-corrected chi connectivity index (χ2v) is 8.24. The summed E-state index contributed by atoms with van der Waals surface area (Å²) in [6.45, 7) is 0.588. The van der Waals surface area contributed by atoms with Gasteiger partial charge in [0, 0.05) is 50.5 Å². The lowest BCUT2D eigenvalue weighted by Crippen LogP contribution is -2.25. The van der Waals surface area contributed by atoms with Crippen molar-refractivity contribution in [3.8, 4) is 11.3 Å². The second-order valence-electron chi connectivity index (χ2n) is 6.22. The van der Waals surface area contributed by atoms with Crippen molar-refractivity contribution in [3.05, 3.63) is 83.1 Å². The van der Waals surface area contributed by atoms with E-state index in [0.29, 0.717) is 12.1 Å². The maximum absolute atomic E-state index is 12.2. The Balaban J connectivity index is 1.50. The van der Waals surface area contributed by atoms with Crippen LogP contribution in [0.5, 0.6) is 0 Å². The highest BCUT2D eigenvalue weighted by atomic mass is 79.9. The Morgan fingerprint density at radius 2 is 1.79 bits per heavy atom. The van der Waals surface area contributed by atoms with Gasteiger partial charge in [0.25, 0.3) is 5.91 Å². The lowest BCUT2D eigenvalue weighted by atomic mass is 10.1. The van der Waals surface area contributed by atoms with Gasteiger partial charge in [-0.25, -0.2) is 0 Å². The summed E-state index contributed by atoms with van der Waals surface area (Å²) < 4.78 is 1.06. The molecule has 0 bridgehead atoms. The van der Waals surface area contributed by atoms with E-state index in [-0.39, 0.29) is 5.91 Å². The highest BCUT2D eigenvalue weighted by molar-refractivity contribution is 9.10. The SMILES string of the molecule is O=C(NCCSc1c(-c2ccc(Br)cc2)[nH]c2ccccc12)c1ccncc1. The van der Waals surface area contributed by atoms with Crippen molar-refractivity contribution in [2.45, 2.75) is 4.90 Å². The van der Waals surface area contributed by atoms with Crippen LogP contribution < -0.4 is 5.32 Å². The zero-order chi connectivity index (χ0) is 19.3.